The number of anilines is 3. The van der Waals surface area contributed by atoms with E-state index in [0.717, 1.165) is 183 Å². The van der Waals surface area contributed by atoms with Gasteiger partial charge in [0.05, 0.1) is 113 Å². The molecular formula is C71H88N18O2. The molecule has 14 rings (SSSR count). The summed E-state index contributed by atoms with van der Waals surface area (Å²) in [5.41, 5.74) is 16.8. The number of ether oxygens (including phenoxy) is 1. The second kappa shape index (κ2) is 26.2. The summed E-state index contributed by atoms with van der Waals surface area (Å²) in [6.07, 6.45) is 20.3. The molecule has 4 aliphatic rings. The Morgan fingerprint density at radius 1 is 0.571 bits per heavy atom. The third-order valence-corrected chi connectivity index (χ3v) is 20.5. The molecule has 7 atom stereocenters. The minimum absolute atomic E-state index is 0.0160. The maximum Gasteiger partial charge on any atom is 0.162 e. The Morgan fingerprint density at radius 3 is 1.93 bits per heavy atom. The summed E-state index contributed by atoms with van der Waals surface area (Å²) in [5.74, 6) is 2.01. The van der Waals surface area contributed by atoms with E-state index >= 15 is 0 Å². The third kappa shape index (κ3) is 11.4. The van der Waals surface area contributed by atoms with Crippen molar-refractivity contribution >= 4 is 34.3 Å². The van der Waals surface area contributed by atoms with Crippen LogP contribution in [0, 0.1) is 20.8 Å². The molecule has 0 bridgehead atoms. The number of hydrogen-bond donors (Lipinski definition) is 3. The number of nitrogens with zero attached hydrogens (tertiary/aromatic N) is 16. The zero-order chi connectivity index (χ0) is 62.3. The van der Waals surface area contributed by atoms with E-state index in [9.17, 15) is 5.11 Å². The second-order valence-electron chi connectivity index (χ2n) is 25.7. The van der Waals surface area contributed by atoms with Crippen LogP contribution in [-0.2, 0) is 24.5 Å². The summed E-state index contributed by atoms with van der Waals surface area (Å²) >= 11 is 0. The van der Waals surface area contributed by atoms with E-state index in [-0.39, 0.29) is 48.8 Å². The lowest BCUT2D eigenvalue weighted by Crippen LogP contribution is -2.47. The molecule has 91 heavy (non-hydrogen) atoms. The second-order valence-corrected chi connectivity index (χ2v) is 25.7. The van der Waals surface area contributed by atoms with Gasteiger partial charge in [0.25, 0.3) is 0 Å². The lowest BCUT2D eigenvalue weighted by Gasteiger charge is -2.43. The number of imidazole rings is 3. The van der Waals surface area contributed by atoms with Crippen LogP contribution in [0.15, 0.2) is 128 Å². The average Bonchev–Trinajstić information content (AvgIpc) is 1.66. The summed E-state index contributed by atoms with van der Waals surface area (Å²) in [7, 11) is 8.25. The number of aliphatic hydroxyl groups excluding tert-OH is 1. The minimum atomic E-state index is -0.216. The van der Waals surface area contributed by atoms with E-state index in [4.69, 9.17) is 39.7 Å². The van der Waals surface area contributed by atoms with Crippen molar-refractivity contribution in [2.45, 2.75) is 134 Å². The van der Waals surface area contributed by atoms with Crippen molar-refractivity contribution in [1.29, 1.82) is 0 Å². The van der Waals surface area contributed by atoms with Gasteiger partial charge < -0.3 is 34.7 Å². The summed E-state index contributed by atoms with van der Waals surface area (Å²) in [6, 6.07) is 32.3. The first-order chi connectivity index (χ1) is 44.6. The van der Waals surface area contributed by atoms with E-state index in [1.54, 1.807) is 7.11 Å². The smallest absolute Gasteiger partial charge is 0.162 e. The van der Waals surface area contributed by atoms with Crippen molar-refractivity contribution in [2.24, 2.45) is 0 Å². The Bertz CT molecular complexity index is 4130. The average molecular weight is 1230 g/mol. The highest BCUT2D eigenvalue weighted by Crippen LogP contribution is 2.50. The molecule has 0 spiro atoms. The van der Waals surface area contributed by atoms with Gasteiger partial charge in [-0.25, -0.2) is 15.0 Å². The fourth-order valence-electron chi connectivity index (χ4n) is 16.0. The number of piperazine rings is 1. The van der Waals surface area contributed by atoms with Crippen molar-refractivity contribution in [2.75, 3.05) is 89.2 Å². The number of piperidine rings is 3. The number of aryl methyl sites for hydroxylation is 3. The highest BCUT2D eigenvalue weighted by molar-refractivity contribution is 5.74. The number of likely N-dealkylation sites (tertiary alicyclic amines) is 3. The monoisotopic (exact) mass is 1220 g/mol. The van der Waals surface area contributed by atoms with Crippen molar-refractivity contribution in [3.63, 3.8) is 0 Å². The molecule has 14 heterocycles. The Morgan fingerprint density at radius 2 is 1.24 bits per heavy atom. The van der Waals surface area contributed by atoms with Crippen LogP contribution in [0.5, 0.6) is 0 Å². The summed E-state index contributed by atoms with van der Waals surface area (Å²) in [4.78, 5) is 44.0. The van der Waals surface area contributed by atoms with E-state index in [0.29, 0.717) is 13.2 Å². The number of pyridine rings is 6. The van der Waals surface area contributed by atoms with Crippen LogP contribution in [0.4, 0.5) is 17.3 Å². The van der Waals surface area contributed by atoms with Crippen LogP contribution in [0.1, 0.15) is 161 Å². The van der Waals surface area contributed by atoms with E-state index in [1.165, 1.54) is 16.7 Å². The molecular weight excluding hydrogens is 1140 g/mol. The summed E-state index contributed by atoms with van der Waals surface area (Å²) in [6.45, 7) is 12.9. The first-order valence-electron chi connectivity index (χ1n) is 33.0. The highest BCUT2D eigenvalue weighted by Gasteiger charge is 2.43. The molecule has 4 saturated heterocycles. The topological polar surface area (TPSA) is 178 Å². The summed E-state index contributed by atoms with van der Waals surface area (Å²) in [5, 5.41) is 24.4. The molecule has 0 aromatic carbocycles. The molecule has 4 aliphatic heterocycles. The fraction of sp³-hybridized carbons (Fsp3) is 0.451. The van der Waals surface area contributed by atoms with E-state index < -0.39 is 0 Å². The van der Waals surface area contributed by atoms with Crippen LogP contribution in [-0.4, -0.2) is 147 Å². The molecule has 0 amide bonds. The SMILES string of the molecule is CNCCNc1ccc(N2CCN(c3cccc4nc([C@H]5C(c6ccn(CCN7[C@@H](c8cn9ccccc9n8)CCC[C@H]7c7ncccc7C)n6)CC[C@@H](c6ncccc6C)N5C)c(CO)n34)CC2)c2nc([C@H]3CCC[C@@H](c4ncccc4C)N3C)c(COC)n12. The molecule has 0 aliphatic carbocycles. The molecule has 0 radical (unpaired) electrons. The third-order valence-electron chi connectivity index (χ3n) is 20.5. The predicted octanol–water partition coefficient (Wildman–Crippen LogP) is 10.7. The van der Waals surface area contributed by atoms with Crippen LogP contribution in [0.2, 0.25) is 0 Å². The zero-order valence-corrected chi connectivity index (χ0v) is 53.9. The van der Waals surface area contributed by atoms with Gasteiger partial charge in [0.15, 0.2) is 5.65 Å². The zero-order valence-electron chi connectivity index (χ0n) is 53.9. The molecule has 10 aromatic rings. The van der Waals surface area contributed by atoms with Gasteiger partial charge in [-0.1, -0.05) is 30.3 Å². The van der Waals surface area contributed by atoms with Crippen LogP contribution in [0.3, 0.4) is 0 Å². The number of methoxy groups -OCH3 is 1. The Labute approximate surface area is 534 Å². The van der Waals surface area contributed by atoms with Gasteiger partial charge in [-0.3, -0.25) is 43.1 Å². The van der Waals surface area contributed by atoms with Crippen molar-refractivity contribution in [1.82, 2.24) is 72.9 Å². The van der Waals surface area contributed by atoms with Crippen LogP contribution >= 0.6 is 0 Å². The van der Waals surface area contributed by atoms with Crippen molar-refractivity contribution < 1.29 is 9.84 Å². The Kier molecular flexibility index (Phi) is 17.4. The predicted molar refractivity (Wildman–Crippen MR) is 357 cm³/mol. The van der Waals surface area contributed by atoms with Gasteiger partial charge in [-0.05, 0) is 171 Å². The lowest BCUT2D eigenvalue weighted by atomic mass is 9.80. The molecule has 3 N–H and O–H groups in total. The molecule has 10 aromatic heterocycles. The molecule has 1 unspecified atom stereocenters. The largest absolute Gasteiger partial charge is 0.390 e. The molecule has 20 nitrogen and oxygen atoms in total. The molecule has 474 valence electrons. The van der Waals surface area contributed by atoms with E-state index in [1.807, 2.05) is 43.8 Å². The molecule has 20 heteroatoms. The standard InChI is InChI=1S/C71H88N18O2/c1-47-16-13-31-74-65(47)54-20-11-21-55(81(54)5)68-60(46-91-7)89-61(73-35-34-72-4)29-28-58(71(89)79-68)83-38-40-84(41-39-83)64-25-12-24-63-78-69(59(45-90)88(63)64)70-50(26-27-56(82(70)6)66-48(2)17-14-32-75-66)51-30-37-86(80-51)42-43-87-53(52-44-85-36-9-8-23-62(85)77-52)19-10-22-57(87)67-49(3)18-15-33-76-67/h8-9,12-18,23-25,28-33,36-37,44,50,53-57,70,72-73,90H,10-11,19-22,26-27,34-35,38-43,45-46H2,1-7H3/t50?,53-,54+,55-,56+,57+,70-/m1/s1. The highest BCUT2D eigenvalue weighted by atomic mass is 16.5. The number of aromatic nitrogens is 11. The number of aliphatic hydroxyl groups is 1. The Hall–Kier alpha value is -8.11. The van der Waals surface area contributed by atoms with Gasteiger partial charge in [0.2, 0.25) is 0 Å². The van der Waals surface area contributed by atoms with Crippen molar-refractivity contribution in [3.8, 4) is 0 Å². The Balaban J connectivity index is 0.765. The maximum atomic E-state index is 11.8. The van der Waals surface area contributed by atoms with Crippen LogP contribution in [0.25, 0.3) is 16.9 Å². The van der Waals surface area contributed by atoms with Crippen molar-refractivity contribution in [3.05, 3.63) is 196 Å². The van der Waals surface area contributed by atoms with Gasteiger partial charge in [-0.15, -0.1) is 0 Å². The van der Waals surface area contributed by atoms with Gasteiger partial charge >= 0.3 is 0 Å². The number of nitrogens with one attached hydrogen (secondary N) is 2. The van der Waals surface area contributed by atoms with Gasteiger partial charge in [0, 0.05) is 96.0 Å². The van der Waals surface area contributed by atoms with Gasteiger partial charge in [-0.2, -0.15) is 5.10 Å². The van der Waals surface area contributed by atoms with Crippen LogP contribution < -0.4 is 20.4 Å². The normalized spacial score (nSPS) is 22.3. The summed E-state index contributed by atoms with van der Waals surface area (Å²) < 4.78 is 14.9. The molecule has 0 saturated carbocycles. The number of fused-ring (bicyclic) bond motifs is 3. The minimum Gasteiger partial charge on any atom is -0.390 e. The van der Waals surface area contributed by atoms with Gasteiger partial charge in [0.1, 0.15) is 22.9 Å². The molecule has 4 fully saturated rings. The number of rotatable bonds is 19. The number of hydrogen-bond acceptors (Lipinski definition) is 16. The number of likely N-dealkylation sites (N-methyl/N-ethyl adjacent to an activating group) is 2. The van der Waals surface area contributed by atoms with E-state index in [2.05, 4.69) is 179 Å². The first kappa shape index (κ1) is 60.5. The quantitative estimate of drug-likeness (QED) is 0.0651. The lowest BCUT2D eigenvalue weighted by molar-refractivity contribution is 0.0712. The fourth-order valence-corrected chi connectivity index (χ4v) is 16.0. The maximum absolute atomic E-state index is 11.8. The first-order valence-corrected chi connectivity index (χ1v) is 33.0.